The third-order valence-electron chi connectivity index (χ3n) is 4.50. The van der Waals surface area contributed by atoms with Crippen LogP contribution in [0.25, 0.3) is 5.65 Å². The van der Waals surface area contributed by atoms with Crippen LogP contribution in [0.2, 0.25) is 5.02 Å². The standard InChI is InChI=1S/C19H17ClN4O2/c20-14-6-7-17-22-15(12-23(17)11-14)19(26)24-9-8-21-18(25)16(24)10-13-4-2-1-3-5-13/h1-7,11-12,16H,8-10H2,(H,21,25)/t16-/m0/s1. The summed E-state index contributed by atoms with van der Waals surface area (Å²) in [4.78, 5) is 31.4. The number of aromatic nitrogens is 2. The summed E-state index contributed by atoms with van der Waals surface area (Å²) >= 11 is 5.99. The van der Waals surface area contributed by atoms with Gasteiger partial charge in [0.05, 0.1) is 5.02 Å². The molecule has 2 amide bonds. The molecule has 0 bridgehead atoms. The molecule has 1 aliphatic rings. The highest BCUT2D eigenvalue weighted by atomic mass is 35.5. The lowest BCUT2D eigenvalue weighted by atomic mass is 10.0. The van der Waals surface area contributed by atoms with Crippen molar-refractivity contribution in [1.82, 2.24) is 19.6 Å². The van der Waals surface area contributed by atoms with Crippen LogP contribution in [0.15, 0.2) is 54.9 Å². The highest BCUT2D eigenvalue weighted by Gasteiger charge is 2.34. The van der Waals surface area contributed by atoms with Crippen molar-refractivity contribution in [2.75, 3.05) is 13.1 Å². The van der Waals surface area contributed by atoms with Gasteiger partial charge in [0.25, 0.3) is 5.91 Å². The Morgan fingerprint density at radius 1 is 1.19 bits per heavy atom. The molecule has 1 atom stereocenters. The molecule has 3 heterocycles. The highest BCUT2D eigenvalue weighted by molar-refractivity contribution is 6.30. The van der Waals surface area contributed by atoms with Crippen LogP contribution in [0, 0.1) is 0 Å². The topological polar surface area (TPSA) is 66.7 Å². The number of rotatable bonds is 3. The van der Waals surface area contributed by atoms with Crippen LogP contribution in [0.5, 0.6) is 0 Å². The van der Waals surface area contributed by atoms with E-state index in [2.05, 4.69) is 10.3 Å². The van der Waals surface area contributed by atoms with Crippen LogP contribution in [-0.2, 0) is 11.2 Å². The normalized spacial score (nSPS) is 17.3. The van der Waals surface area contributed by atoms with E-state index in [1.54, 1.807) is 33.8 Å². The molecule has 3 aromatic rings. The molecule has 2 aromatic heterocycles. The fraction of sp³-hybridized carbons (Fsp3) is 0.211. The van der Waals surface area contributed by atoms with Gasteiger partial charge in [-0.1, -0.05) is 41.9 Å². The molecule has 0 spiro atoms. The second-order valence-corrected chi connectivity index (χ2v) is 6.67. The summed E-state index contributed by atoms with van der Waals surface area (Å²) in [5.41, 5.74) is 1.95. The molecular formula is C19H17ClN4O2. The Morgan fingerprint density at radius 3 is 2.81 bits per heavy atom. The van der Waals surface area contributed by atoms with Gasteiger partial charge in [0.15, 0.2) is 0 Å². The molecule has 0 radical (unpaired) electrons. The van der Waals surface area contributed by atoms with E-state index in [1.165, 1.54) is 0 Å². The number of amides is 2. The molecule has 0 saturated carbocycles. The summed E-state index contributed by atoms with van der Waals surface area (Å²) in [6.07, 6.45) is 3.82. The Morgan fingerprint density at radius 2 is 2.00 bits per heavy atom. The molecule has 132 valence electrons. The average molecular weight is 369 g/mol. The SMILES string of the molecule is O=C1NCCN(C(=O)c2cn3cc(Cl)ccc3n2)[C@H]1Cc1ccccc1. The number of imidazole rings is 1. The van der Waals surface area contributed by atoms with Crippen LogP contribution in [0.1, 0.15) is 16.1 Å². The number of carbonyl (C=O) groups excluding carboxylic acids is 2. The van der Waals surface area contributed by atoms with Gasteiger partial charge in [-0.2, -0.15) is 0 Å². The van der Waals surface area contributed by atoms with Crippen molar-refractivity contribution in [2.45, 2.75) is 12.5 Å². The summed E-state index contributed by atoms with van der Waals surface area (Å²) in [6.45, 7) is 0.895. The first-order valence-corrected chi connectivity index (χ1v) is 8.76. The lowest BCUT2D eigenvalue weighted by Gasteiger charge is -2.34. The van der Waals surface area contributed by atoms with Crippen molar-refractivity contribution in [2.24, 2.45) is 0 Å². The van der Waals surface area contributed by atoms with E-state index >= 15 is 0 Å². The third kappa shape index (κ3) is 3.15. The van der Waals surface area contributed by atoms with Crippen molar-refractivity contribution in [3.05, 3.63) is 71.1 Å². The van der Waals surface area contributed by atoms with Gasteiger partial charge >= 0.3 is 0 Å². The van der Waals surface area contributed by atoms with E-state index < -0.39 is 6.04 Å². The summed E-state index contributed by atoms with van der Waals surface area (Å²) < 4.78 is 1.71. The highest BCUT2D eigenvalue weighted by Crippen LogP contribution is 2.17. The van der Waals surface area contributed by atoms with Gasteiger partial charge < -0.3 is 14.6 Å². The van der Waals surface area contributed by atoms with Crippen molar-refractivity contribution in [1.29, 1.82) is 0 Å². The molecule has 1 aromatic carbocycles. The molecule has 1 N–H and O–H groups in total. The first kappa shape index (κ1) is 16.6. The number of piperazine rings is 1. The third-order valence-corrected chi connectivity index (χ3v) is 4.72. The van der Waals surface area contributed by atoms with E-state index in [1.807, 2.05) is 30.3 Å². The largest absolute Gasteiger partial charge is 0.353 e. The van der Waals surface area contributed by atoms with Gasteiger partial charge in [0, 0.05) is 31.9 Å². The first-order valence-electron chi connectivity index (χ1n) is 8.39. The smallest absolute Gasteiger partial charge is 0.274 e. The maximum Gasteiger partial charge on any atom is 0.274 e. The summed E-state index contributed by atoms with van der Waals surface area (Å²) in [6, 6.07) is 12.6. The maximum atomic E-state index is 13.0. The second kappa shape index (κ2) is 6.80. The molecule has 6 nitrogen and oxygen atoms in total. The summed E-state index contributed by atoms with van der Waals surface area (Å²) in [7, 11) is 0. The Bertz CT molecular complexity index is 970. The van der Waals surface area contributed by atoms with Crippen molar-refractivity contribution in [3.63, 3.8) is 0 Å². The van der Waals surface area contributed by atoms with Crippen LogP contribution in [0.4, 0.5) is 0 Å². The molecule has 1 fully saturated rings. The number of nitrogens with one attached hydrogen (secondary N) is 1. The Kier molecular flexibility index (Phi) is 4.34. The zero-order valence-corrected chi connectivity index (χ0v) is 14.7. The number of pyridine rings is 1. The Labute approximate surface area is 155 Å². The van der Waals surface area contributed by atoms with Gasteiger partial charge in [-0.3, -0.25) is 9.59 Å². The fourth-order valence-corrected chi connectivity index (χ4v) is 3.38. The van der Waals surface area contributed by atoms with E-state index in [9.17, 15) is 9.59 Å². The van der Waals surface area contributed by atoms with Gasteiger partial charge in [-0.15, -0.1) is 0 Å². The minimum atomic E-state index is -0.549. The quantitative estimate of drug-likeness (QED) is 0.770. The van der Waals surface area contributed by atoms with Gasteiger partial charge in [-0.25, -0.2) is 4.98 Å². The van der Waals surface area contributed by atoms with E-state index in [0.717, 1.165) is 5.56 Å². The van der Waals surface area contributed by atoms with E-state index in [4.69, 9.17) is 11.6 Å². The predicted octanol–water partition coefficient (Wildman–Crippen LogP) is 2.17. The lowest BCUT2D eigenvalue weighted by molar-refractivity contribution is -0.127. The number of fused-ring (bicyclic) bond motifs is 1. The van der Waals surface area contributed by atoms with Crippen LogP contribution in [0.3, 0.4) is 0 Å². The monoisotopic (exact) mass is 368 g/mol. The van der Waals surface area contributed by atoms with Crippen LogP contribution >= 0.6 is 11.6 Å². The average Bonchev–Trinajstić information content (AvgIpc) is 3.07. The molecule has 26 heavy (non-hydrogen) atoms. The molecule has 1 saturated heterocycles. The van der Waals surface area contributed by atoms with E-state index in [0.29, 0.717) is 35.9 Å². The molecule has 1 aliphatic heterocycles. The zero-order chi connectivity index (χ0) is 18.1. The molecule has 0 aliphatic carbocycles. The summed E-state index contributed by atoms with van der Waals surface area (Å²) in [5, 5.41) is 3.41. The number of hydrogen-bond donors (Lipinski definition) is 1. The molecule has 4 rings (SSSR count). The number of benzene rings is 1. The van der Waals surface area contributed by atoms with Crippen LogP contribution < -0.4 is 5.32 Å². The summed E-state index contributed by atoms with van der Waals surface area (Å²) in [5.74, 6) is -0.388. The lowest BCUT2D eigenvalue weighted by Crippen LogP contribution is -2.58. The second-order valence-electron chi connectivity index (χ2n) is 6.23. The van der Waals surface area contributed by atoms with Gasteiger partial charge in [0.2, 0.25) is 5.91 Å². The van der Waals surface area contributed by atoms with Gasteiger partial charge in [-0.05, 0) is 17.7 Å². The number of hydrogen-bond acceptors (Lipinski definition) is 3. The fourth-order valence-electron chi connectivity index (χ4n) is 3.21. The number of nitrogens with zero attached hydrogens (tertiary/aromatic N) is 3. The van der Waals surface area contributed by atoms with Crippen molar-refractivity contribution >= 4 is 29.1 Å². The minimum absolute atomic E-state index is 0.139. The van der Waals surface area contributed by atoms with Crippen molar-refractivity contribution in [3.8, 4) is 0 Å². The first-order chi connectivity index (χ1) is 12.6. The zero-order valence-electron chi connectivity index (χ0n) is 13.9. The predicted molar refractivity (Wildman–Crippen MR) is 98.2 cm³/mol. The van der Waals surface area contributed by atoms with Crippen LogP contribution in [-0.4, -0.2) is 45.2 Å². The number of halogens is 1. The Hall–Kier alpha value is -2.86. The Balaban J connectivity index is 1.63. The van der Waals surface area contributed by atoms with Gasteiger partial charge in [0.1, 0.15) is 17.4 Å². The number of carbonyl (C=O) groups is 2. The molecule has 7 heteroatoms. The maximum absolute atomic E-state index is 13.0. The molecular weight excluding hydrogens is 352 g/mol. The van der Waals surface area contributed by atoms with E-state index in [-0.39, 0.29) is 11.8 Å². The molecule has 0 unspecified atom stereocenters. The van der Waals surface area contributed by atoms with Crippen molar-refractivity contribution < 1.29 is 9.59 Å². The minimum Gasteiger partial charge on any atom is -0.353 e.